The van der Waals surface area contributed by atoms with Crippen LogP contribution in [0.2, 0.25) is 0 Å². The number of phenolic OH excluding ortho intramolecular Hbond substituents is 1. The monoisotopic (exact) mass is 441 g/mol. The highest BCUT2D eigenvalue weighted by molar-refractivity contribution is 7.17. The van der Waals surface area contributed by atoms with E-state index in [2.05, 4.69) is 31.3 Å². The number of phenols is 1. The number of fused-ring (bicyclic) bond motifs is 3. The predicted molar refractivity (Wildman–Crippen MR) is 123 cm³/mol. The Labute approximate surface area is 187 Å². The number of allylic oxidation sites excluding steroid dienone is 2. The molecule has 3 aliphatic carbocycles. The molecule has 0 saturated heterocycles. The van der Waals surface area contributed by atoms with Crippen LogP contribution in [0.3, 0.4) is 0 Å². The Morgan fingerprint density at radius 1 is 1.26 bits per heavy atom. The van der Waals surface area contributed by atoms with E-state index in [4.69, 9.17) is 5.11 Å². The molecule has 4 atom stereocenters. The number of aliphatic carboxylic acids is 1. The number of carboxylic acids is 1. The van der Waals surface area contributed by atoms with Gasteiger partial charge < -0.3 is 15.5 Å². The van der Waals surface area contributed by atoms with Crippen molar-refractivity contribution in [3.8, 4) is 5.75 Å². The minimum atomic E-state index is -0.750. The molecule has 0 spiro atoms. The lowest BCUT2D eigenvalue weighted by Gasteiger charge is -2.62. The zero-order chi connectivity index (χ0) is 22.2. The topological polar surface area (TPSA) is 86.6 Å². The number of unbranched alkanes of at least 4 members (excludes halogenated alkanes) is 1. The van der Waals surface area contributed by atoms with Gasteiger partial charge >= 0.3 is 5.97 Å². The van der Waals surface area contributed by atoms with E-state index >= 15 is 0 Å². The molecule has 31 heavy (non-hydrogen) atoms. The van der Waals surface area contributed by atoms with Gasteiger partial charge in [-0.3, -0.25) is 9.59 Å². The quantitative estimate of drug-likeness (QED) is 0.368. The first kappa shape index (κ1) is 21.9. The van der Waals surface area contributed by atoms with Crippen molar-refractivity contribution in [1.29, 1.82) is 0 Å². The van der Waals surface area contributed by atoms with Crippen LogP contribution in [0.25, 0.3) is 10.1 Å². The summed E-state index contributed by atoms with van der Waals surface area (Å²) in [5.41, 5.74) is 0.946. The van der Waals surface area contributed by atoms with Gasteiger partial charge in [-0.25, -0.2) is 0 Å². The molecule has 2 bridgehead atoms. The van der Waals surface area contributed by atoms with Crippen LogP contribution in [-0.4, -0.2) is 28.1 Å². The normalized spacial score (nSPS) is 26.6. The van der Waals surface area contributed by atoms with Gasteiger partial charge in [0.05, 0.1) is 5.56 Å². The summed E-state index contributed by atoms with van der Waals surface area (Å²) in [5, 5.41) is 24.6. The number of thiophene rings is 1. The van der Waals surface area contributed by atoms with Crippen molar-refractivity contribution >= 4 is 33.3 Å². The molecule has 0 unspecified atom stereocenters. The molecule has 3 aliphatic rings. The Balaban J connectivity index is 1.45. The summed E-state index contributed by atoms with van der Waals surface area (Å²) >= 11 is 1.52. The molecule has 6 heteroatoms. The van der Waals surface area contributed by atoms with Crippen LogP contribution in [0.1, 0.15) is 62.7 Å². The Morgan fingerprint density at radius 3 is 2.81 bits per heavy atom. The van der Waals surface area contributed by atoms with Gasteiger partial charge in [-0.1, -0.05) is 26.0 Å². The van der Waals surface area contributed by atoms with Crippen LogP contribution in [-0.2, 0) is 4.79 Å². The molecule has 3 N–H and O–H groups in total. The van der Waals surface area contributed by atoms with Gasteiger partial charge in [0, 0.05) is 27.9 Å². The Bertz CT molecular complexity index is 1010. The zero-order valence-electron chi connectivity index (χ0n) is 18.1. The second kappa shape index (κ2) is 8.65. The van der Waals surface area contributed by atoms with E-state index in [0.29, 0.717) is 35.2 Å². The number of aromatic hydroxyl groups is 1. The third-order valence-corrected chi connectivity index (χ3v) is 8.54. The number of amides is 1. The first-order chi connectivity index (χ1) is 14.8. The summed E-state index contributed by atoms with van der Waals surface area (Å²) in [7, 11) is 0. The molecule has 1 aromatic heterocycles. The Kier molecular flexibility index (Phi) is 6.11. The Hall–Kier alpha value is -2.34. The number of rotatable bonds is 8. The van der Waals surface area contributed by atoms with Gasteiger partial charge in [-0.15, -0.1) is 11.3 Å². The molecule has 0 aliphatic heterocycles. The fraction of sp³-hybridized carbons (Fsp3) is 0.520. The molecular weight excluding hydrogens is 410 g/mol. The first-order valence-electron chi connectivity index (χ1n) is 11.1. The number of benzene rings is 1. The van der Waals surface area contributed by atoms with Crippen molar-refractivity contribution in [3.63, 3.8) is 0 Å². The summed E-state index contributed by atoms with van der Waals surface area (Å²) in [6.45, 7) is 4.70. The van der Waals surface area contributed by atoms with Crippen LogP contribution in [0.4, 0.5) is 0 Å². The number of hydrogen-bond donors (Lipinski definition) is 3. The third kappa shape index (κ3) is 4.36. The highest BCUT2D eigenvalue weighted by atomic mass is 32.1. The average molecular weight is 442 g/mol. The van der Waals surface area contributed by atoms with Gasteiger partial charge in [0.1, 0.15) is 5.75 Å². The number of carbonyl (C=O) groups is 2. The predicted octanol–water partition coefficient (Wildman–Crippen LogP) is 5.59. The maximum Gasteiger partial charge on any atom is 0.303 e. The fourth-order valence-corrected chi connectivity index (χ4v) is 6.54. The minimum Gasteiger partial charge on any atom is -0.508 e. The van der Waals surface area contributed by atoms with Gasteiger partial charge in [0.2, 0.25) is 0 Å². The van der Waals surface area contributed by atoms with Crippen molar-refractivity contribution in [2.75, 3.05) is 0 Å². The van der Waals surface area contributed by atoms with E-state index in [0.717, 1.165) is 29.3 Å². The lowest BCUT2D eigenvalue weighted by atomic mass is 9.44. The van der Waals surface area contributed by atoms with Crippen molar-refractivity contribution in [3.05, 3.63) is 41.3 Å². The molecule has 5 rings (SSSR count). The second-order valence-corrected chi connectivity index (χ2v) is 10.6. The molecule has 1 heterocycles. The minimum absolute atomic E-state index is 0.0589. The van der Waals surface area contributed by atoms with Crippen LogP contribution in [0.5, 0.6) is 5.75 Å². The molecule has 3 fully saturated rings. The SMILES string of the molecule is CC1(C)[C@H]2C[C@H](NC(=O)c3csc4ccc(O)cc34)[C@@H](CC=CCCCC(=O)O)[C@@H]1C2. The Morgan fingerprint density at radius 2 is 2.06 bits per heavy atom. The molecule has 2 aromatic rings. The summed E-state index contributed by atoms with van der Waals surface area (Å²) in [5.74, 6) is 0.978. The number of hydrogen-bond acceptors (Lipinski definition) is 4. The van der Waals surface area contributed by atoms with Crippen LogP contribution < -0.4 is 5.32 Å². The molecule has 0 radical (unpaired) electrons. The highest BCUT2D eigenvalue weighted by Gasteiger charge is 2.57. The van der Waals surface area contributed by atoms with Crippen molar-refractivity contribution in [1.82, 2.24) is 5.32 Å². The van der Waals surface area contributed by atoms with Crippen molar-refractivity contribution in [2.45, 2.75) is 58.4 Å². The van der Waals surface area contributed by atoms with Crippen LogP contribution >= 0.6 is 11.3 Å². The summed E-state index contributed by atoms with van der Waals surface area (Å²) in [6, 6.07) is 5.30. The second-order valence-electron chi connectivity index (χ2n) is 9.66. The smallest absolute Gasteiger partial charge is 0.303 e. The summed E-state index contributed by atoms with van der Waals surface area (Å²) in [6.07, 6.45) is 9.04. The van der Waals surface area contributed by atoms with Gasteiger partial charge in [0.15, 0.2) is 0 Å². The lowest BCUT2D eigenvalue weighted by molar-refractivity contribution is -0.137. The van der Waals surface area contributed by atoms with Crippen LogP contribution in [0.15, 0.2) is 35.7 Å². The zero-order valence-corrected chi connectivity index (χ0v) is 19.0. The largest absolute Gasteiger partial charge is 0.508 e. The van der Waals surface area contributed by atoms with Gasteiger partial charge in [-0.2, -0.15) is 0 Å². The van der Waals surface area contributed by atoms with E-state index in [1.54, 1.807) is 12.1 Å². The fourth-order valence-electron chi connectivity index (χ4n) is 5.62. The van der Waals surface area contributed by atoms with Crippen molar-refractivity contribution in [2.24, 2.45) is 23.2 Å². The first-order valence-corrected chi connectivity index (χ1v) is 12.0. The molecule has 1 aromatic carbocycles. The lowest BCUT2D eigenvalue weighted by Crippen LogP contribution is -2.61. The van der Waals surface area contributed by atoms with E-state index < -0.39 is 5.97 Å². The highest BCUT2D eigenvalue weighted by Crippen LogP contribution is 2.62. The standard InChI is InChI=1S/C25H31NO4S/c1-25(2)15-11-20(25)17(7-5-3-4-6-8-23(28)29)21(12-15)26-24(30)19-14-31-22-10-9-16(27)13-18(19)22/h3,5,9-10,13-15,17,20-21,27H,4,6-8,11-12H2,1-2H3,(H,26,30)(H,28,29)/t15-,17+,20+,21+/m1/s1. The van der Waals surface area contributed by atoms with E-state index in [1.165, 1.54) is 17.8 Å². The number of carboxylic acid groups (broad SMARTS) is 1. The maximum atomic E-state index is 13.1. The molecule has 5 nitrogen and oxygen atoms in total. The number of nitrogens with one attached hydrogen (secondary N) is 1. The third-order valence-electron chi connectivity index (χ3n) is 7.57. The van der Waals surface area contributed by atoms with E-state index in [1.807, 2.05) is 11.4 Å². The molecule has 1 amide bonds. The molecule has 166 valence electrons. The van der Waals surface area contributed by atoms with Crippen LogP contribution in [0, 0.1) is 23.2 Å². The van der Waals surface area contributed by atoms with Gasteiger partial charge in [0.25, 0.3) is 5.91 Å². The van der Waals surface area contributed by atoms with E-state index in [-0.39, 0.29) is 24.1 Å². The average Bonchev–Trinajstić information content (AvgIpc) is 3.13. The van der Waals surface area contributed by atoms with Gasteiger partial charge in [-0.05, 0) is 73.5 Å². The molecular formula is C25H31NO4S. The van der Waals surface area contributed by atoms with Crippen molar-refractivity contribution < 1.29 is 19.8 Å². The summed E-state index contributed by atoms with van der Waals surface area (Å²) in [4.78, 5) is 23.8. The summed E-state index contributed by atoms with van der Waals surface area (Å²) < 4.78 is 0.997. The van der Waals surface area contributed by atoms with E-state index in [9.17, 15) is 14.7 Å². The number of carbonyl (C=O) groups excluding carboxylic acids is 1. The molecule has 3 saturated carbocycles. The maximum absolute atomic E-state index is 13.1.